The van der Waals surface area contributed by atoms with Crippen molar-refractivity contribution in [3.8, 4) is 0 Å². The number of aromatic nitrogens is 3. The molecule has 0 spiro atoms. The van der Waals surface area contributed by atoms with Crippen molar-refractivity contribution in [2.24, 2.45) is 0 Å². The van der Waals surface area contributed by atoms with E-state index in [1.54, 1.807) is 16.7 Å². The largest absolute Gasteiger partial charge is 0.379 e. The van der Waals surface area contributed by atoms with Crippen molar-refractivity contribution < 1.29 is 9.53 Å². The van der Waals surface area contributed by atoms with Gasteiger partial charge in [-0.3, -0.25) is 9.20 Å². The molecule has 2 aromatic rings. The molecule has 0 unspecified atom stereocenters. The maximum absolute atomic E-state index is 11.8. The van der Waals surface area contributed by atoms with E-state index in [2.05, 4.69) is 15.5 Å². The molecular formula is C14H18Cl2N4O2S. The Morgan fingerprint density at radius 3 is 2.96 bits per heavy atom. The molecule has 0 aliphatic rings. The number of nitrogens with zero attached hydrogens (tertiary/aromatic N) is 3. The molecule has 6 nitrogen and oxygen atoms in total. The van der Waals surface area contributed by atoms with Gasteiger partial charge < -0.3 is 10.1 Å². The summed E-state index contributed by atoms with van der Waals surface area (Å²) < 4.78 is 7.09. The number of carbonyl (C=O) groups is 1. The minimum atomic E-state index is -0.0654. The lowest BCUT2D eigenvalue weighted by molar-refractivity contribution is -0.118. The highest BCUT2D eigenvalue weighted by Gasteiger charge is 2.12. The molecule has 0 aliphatic carbocycles. The van der Waals surface area contributed by atoms with Crippen molar-refractivity contribution in [1.82, 2.24) is 19.9 Å². The predicted molar refractivity (Wildman–Crippen MR) is 92.4 cm³/mol. The van der Waals surface area contributed by atoms with Crippen LogP contribution in [0.4, 0.5) is 0 Å². The summed E-state index contributed by atoms with van der Waals surface area (Å²) in [5, 5.41) is 12.3. The summed E-state index contributed by atoms with van der Waals surface area (Å²) in [6.45, 7) is 5.19. The number of amides is 1. The third kappa shape index (κ3) is 5.53. The molecule has 0 saturated heterocycles. The number of nitrogens with one attached hydrogen (secondary N) is 1. The molecule has 0 aliphatic heterocycles. The Labute approximate surface area is 148 Å². The van der Waals surface area contributed by atoms with Crippen LogP contribution in [0, 0.1) is 0 Å². The first-order chi connectivity index (χ1) is 11.0. The Morgan fingerprint density at radius 2 is 2.22 bits per heavy atom. The quantitative estimate of drug-likeness (QED) is 0.566. The Bertz CT molecular complexity index is 678. The van der Waals surface area contributed by atoms with Crippen LogP contribution in [0.2, 0.25) is 10.0 Å². The van der Waals surface area contributed by atoms with Crippen LogP contribution in [0.5, 0.6) is 0 Å². The fourth-order valence-corrected chi connectivity index (χ4v) is 3.05. The average Bonchev–Trinajstić information content (AvgIpc) is 2.87. The molecule has 0 bridgehead atoms. The number of thioether (sulfide) groups is 1. The van der Waals surface area contributed by atoms with Crippen LogP contribution in [-0.4, -0.2) is 45.5 Å². The standard InChI is InChI=1S/C14H18Cl2N4O2S/c1-9(2)22-5-3-4-17-12(21)8-23-14-19-18-13-11(16)6-10(15)7-20(13)14/h6-7,9H,3-5,8H2,1-2H3,(H,17,21). The molecule has 0 aromatic carbocycles. The average molecular weight is 377 g/mol. The molecule has 0 atom stereocenters. The van der Waals surface area contributed by atoms with E-state index >= 15 is 0 Å². The number of hydrogen-bond donors (Lipinski definition) is 1. The van der Waals surface area contributed by atoms with Gasteiger partial charge >= 0.3 is 0 Å². The van der Waals surface area contributed by atoms with E-state index in [0.717, 1.165) is 6.42 Å². The second-order valence-electron chi connectivity index (χ2n) is 5.09. The number of carbonyl (C=O) groups excluding carboxylic acids is 1. The zero-order valence-electron chi connectivity index (χ0n) is 12.9. The zero-order valence-corrected chi connectivity index (χ0v) is 15.2. The molecule has 0 radical (unpaired) electrons. The number of hydrogen-bond acceptors (Lipinski definition) is 5. The van der Waals surface area contributed by atoms with Gasteiger partial charge in [0, 0.05) is 19.3 Å². The fraction of sp³-hybridized carbons (Fsp3) is 0.500. The maximum Gasteiger partial charge on any atom is 0.230 e. The van der Waals surface area contributed by atoms with Gasteiger partial charge in [-0.05, 0) is 26.3 Å². The van der Waals surface area contributed by atoms with Crippen molar-refractivity contribution in [2.45, 2.75) is 31.5 Å². The van der Waals surface area contributed by atoms with E-state index in [1.165, 1.54) is 11.8 Å². The third-order valence-corrected chi connectivity index (χ3v) is 4.25. The number of rotatable bonds is 8. The molecule has 1 amide bonds. The van der Waals surface area contributed by atoms with Crippen LogP contribution >= 0.6 is 35.0 Å². The zero-order chi connectivity index (χ0) is 16.8. The SMILES string of the molecule is CC(C)OCCCNC(=O)CSc1nnc2c(Cl)cc(Cl)cn12. The van der Waals surface area contributed by atoms with E-state index in [9.17, 15) is 4.79 Å². The summed E-state index contributed by atoms with van der Waals surface area (Å²) in [6, 6.07) is 1.60. The van der Waals surface area contributed by atoms with Gasteiger partial charge in [0.15, 0.2) is 10.8 Å². The van der Waals surface area contributed by atoms with E-state index < -0.39 is 0 Å². The van der Waals surface area contributed by atoms with Gasteiger partial charge in [0.1, 0.15) is 0 Å². The van der Waals surface area contributed by atoms with Gasteiger partial charge in [-0.25, -0.2) is 0 Å². The van der Waals surface area contributed by atoms with E-state index in [1.807, 2.05) is 13.8 Å². The number of pyridine rings is 1. The molecule has 23 heavy (non-hydrogen) atoms. The summed E-state index contributed by atoms with van der Waals surface area (Å²) in [7, 11) is 0. The van der Waals surface area contributed by atoms with E-state index in [-0.39, 0.29) is 17.8 Å². The third-order valence-electron chi connectivity index (χ3n) is 2.82. The highest BCUT2D eigenvalue weighted by Crippen LogP contribution is 2.25. The maximum atomic E-state index is 11.8. The second-order valence-corrected chi connectivity index (χ2v) is 6.88. The Hall–Kier alpha value is -1.02. The van der Waals surface area contributed by atoms with Gasteiger partial charge in [-0.15, -0.1) is 10.2 Å². The van der Waals surface area contributed by atoms with Crippen molar-refractivity contribution in [2.75, 3.05) is 18.9 Å². The van der Waals surface area contributed by atoms with E-state index in [0.29, 0.717) is 34.0 Å². The second kappa shape index (κ2) is 8.73. The normalized spacial score (nSPS) is 11.3. The molecular weight excluding hydrogens is 359 g/mol. The van der Waals surface area contributed by atoms with Crippen molar-refractivity contribution >= 4 is 46.5 Å². The van der Waals surface area contributed by atoms with E-state index in [4.69, 9.17) is 27.9 Å². The highest BCUT2D eigenvalue weighted by molar-refractivity contribution is 7.99. The van der Waals surface area contributed by atoms with Gasteiger partial charge in [-0.2, -0.15) is 0 Å². The lowest BCUT2D eigenvalue weighted by Gasteiger charge is -2.08. The number of fused-ring (bicyclic) bond motifs is 1. The number of halogens is 2. The van der Waals surface area contributed by atoms with Crippen LogP contribution in [0.15, 0.2) is 17.4 Å². The summed E-state index contributed by atoms with van der Waals surface area (Å²) in [6.07, 6.45) is 2.67. The smallest absolute Gasteiger partial charge is 0.230 e. The molecule has 0 saturated carbocycles. The van der Waals surface area contributed by atoms with Crippen LogP contribution in [0.1, 0.15) is 20.3 Å². The highest BCUT2D eigenvalue weighted by atomic mass is 35.5. The first-order valence-corrected chi connectivity index (χ1v) is 8.92. The first kappa shape index (κ1) is 18.3. The van der Waals surface area contributed by atoms with Gasteiger partial charge in [0.05, 0.1) is 21.9 Å². The molecule has 0 fully saturated rings. The van der Waals surface area contributed by atoms with Gasteiger partial charge in [0.2, 0.25) is 5.91 Å². The predicted octanol–water partition coefficient (Wildman–Crippen LogP) is 3.06. The summed E-state index contributed by atoms with van der Waals surface area (Å²) in [4.78, 5) is 11.8. The van der Waals surface area contributed by atoms with Crippen molar-refractivity contribution in [1.29, 1.82) is 0 Å². The molecule has 2 aromatic heterocycles. The monoisotopic (exact) mass is 376 g/mol. The van der Waals surface area contributed by atoms with Crippen molar-refractivity contribution in [3.05, 3.63) is 22.3 Å². The lowest BCUT2D eigenvalue weighted by Crippen LogP contribution is -2.27. The van der Waals surface area contributed by atoms with Crippen molar-refractivity contribution in [3.63, 3.8) is 0 Å². The molecule has 1 N–H and O–H groups in total. The van der Waals surface area contributed by atoms with Crippen LogP contribution in [0.3, 0.4) is 0 Å². The molecule has 2 rings (SSSR count). The van der Waals surface area contributed by atoms with Crippen LogP contribution in [-0.2, 0) is 9.53 Å². The van der Waals surface area contributed by atoms with Gasteiger partial charge in [-0.1, -0.05) is 35.0 Å². The summed E-state index contributed by atoms with van der Waals surface area (Å²) in [5.74, 6) is 0.181. The Kier molecular flexibility index (Phi) is 6.95. The van der Waals surface area contributed by atoms with Gasteiger partial charge in [0.25, 0.3) is 0 Å². The topological polar surface area (TPSA) is 68.5 Å². The Morgan fingerprint density at radius 1 is 1.43 bits per heavy atom. The lowest BCUT2D eigenvalue weighted by atomic mass is 10.4. The van der Waals surface area contributed by atoms with Crippen LogP contribution in [0.25, 0.3) is 5.65 Å². The minimum absolute atomic E-state index is 0.0654. The molecule has 9 heteroatoms. The fourth-order valence-electron chi connectivity index (χ4n) is 1.80. The summed E-state index contributed by atoms with van der Waals surface area (Å²) in [5.41, 5.74) is 0.518. The molecule has 2 heterocycles. The minimum Gasteiger partial charge on any atom is -0.379 e. The number of ether oxygens (including phenoxy) is 1. The van der Waals surface area contributed by atoms with Crippen LogP contribution < -0.4 is 5.32 Å². The summed E-state index contributed by atoms with van der Waals surface area (Å²) >= 11 is 13.3. The Balaban J connectivity index is 1.81. The molecule has 126 valence electrons. The first-order valence-electron chi connectivity index (χ1n) is 7.18.